The third-order valence-electron chi connectivity index (χ3n) is 2.98. The molecule has 2 rings (SSSR count). The molecule has 0 amide bonds. The second-order valence-corrected chi connectivity index (χ2v) is 4.76. The summed E-state index contributed by atoms with van der Waals surface area (Å²) in [5.74, 6) is 0. The van der Waals surface area contributed by atoms with Crippen molar-refractivity contribution < 1.29 is 4.74 Å². The van der Waals surface area contributed by atoms with E-state index >= 15 is 0 Å². The molecule has 88 valence electrons. The number of nitrogens with zero attached hydrogens (tertiary/aromatic N) is 1. The van der Waals surface area contributed by atoms with Crippen LogP contribution in [0.5, 0.6) is 0 Å². The minimum absolute atomic E-state index is 0.347. The smallest absolute Gasteiger partial charge is 0.0570 e. The summed E-state index contributed by atoms with van der Waals surface area (Å²) in [4.78, 5) is 4.29. The Morgan fingerprint density at radius 3 is 2.50 bits per heavy atom. The van der Waals surface area contributed by atoms with Crippen molar-refractivity contribution in [1.82, 2.24) is 4.98 Å². The predicted molar refractivity (Wildman–Crippen MR) is 65.6 cm³/mol. The van der Waals surface area contributed by atoms with Gasteiger partial charge in [-0.05, 0) is 45.7 Å². The Balaban J connectivity index is 1.96. The van der Waals surface area contributed by atoms with Gasteiger partial charge < -0.3 is 10.1 Å². The van der Waals surface area contributed by atoms with Gasteiger partial charge in [-0.1, -0.05) is 0 Å². The number of hydrogen-bond acceptors (Lipinski definition) is 3. The van der Waals surface area contributed by atoms with Gasteiger partial charge in [0.1, 0.15) is 0 Å². The van der Waals surface area contributed by atoms with Crippen LogP contribution >= 0.6 is 0 Å². The molecule has 1 N–H and O–H groups in total. The highest BCUT2D eigenvalue weighted by Crippen LogP contribution is 2.22. The van der Waals surface area contributed by atoms with Crippen LogP contribution in [0.3, 0.4) is 0 Å². The Hall–Kier alpha value is -1.09. The fourth-order valence-electron chi connectivity index (χ4n) is 2.31. The molecule has 0 bridgehead atoms. The van der Waals surface area contributed by atoms with Gasteiger partial charge in [0.2, 0.25) is 0 Å². The summed E-state index contributed by atoms with van der Waals surface area (Å²) >= 11 is 0. The topological polar surface area (TPSA) is 34.1 Å². The van der Waals surface area contributed by atoms with Gasteiger partial charge in [-0.25, -0.2) is 0 Å². The van der Waals surface area contributed by atoms with Crippen LogP contribution in [0.2, 0.25) is 0 Å². The van der Waals surface area contributed by atoms with Crippen molar-refractivity contribution in [1.29, 1.82) is 0 Å². The molecule has 2 unspecified atom stereocenters. The summed E-state index contributed by atoms with van der Waals surface area (Å²) in [6.45, 7) is 6.28. The number of aromatic nitrogens is 1. The summed E-state index contributed by atoms with van der Waals surface area (Å²) < 4.78 is 5.72. The van der Waals surface area contributed by atoms with Crippen LogP contribution in [0.25, 0.3) is 0 Å². The summed E-state index contributed by atoms with van der Waals surface area (Å²) in [7, 11) is 0. The zero-order valence-corrected chi connectivity index (χ0v) is 10.2. The van der Waals surface area contributed by atoms with E-state index < -0.39 is 0 Å². The molecule has 0 aliphatic carbocycles. The van der Waals surface area contributed by atoms with Crippen molar-refractivity contribution in [3.05, 3.63) is 24.0 Å². The molecule has 0 spiro atoms. The van der Waals surface area contributed by atoms with Crippen LogP contribution in [0.4, 0.5) is 5.69 Å². The molecular weight excluding hydrogens is 200 g/mol. The van der Waals surface area contributed by atoms with Crippen LogP contribution in [-0.4, -0.2) is 23.2 Å². The molecule has 3 heteroatoms. The predicted octanol–water partition coefficient (Wildman–Crippen LogP) is 2.76. The minimum atomic E-state index is 0.347. The van der Waals surface area contributed by atoms with E-state index in [2.05, 4.69) is 30.2 Å². The Labute approximate surface area is 97.2 Å². The Bertz CT molecular complexity index is 326. The van der Waals surface area contributed by atoms with Gasteiger partial charge in [0.15, 0.2) is 0 Å². The molecule has 16 heavy (non-hydrogen) atoms. The number of hydrogen-bond donors (Lipinski definition) is 1. The lowest BCUT2D eigenvalue weighted by atomic mass is 10.00. The molecule has 2 atom stereocenters. The first-order valence-electron chi connectivity index (χ1n) is 5.98. The van der Waals surface area contributed by atoms with Crippen LogP contribution in [0.15, 0.2) is 18.3 Å². The molecule has 3 nitrogen and oxygen atoms in total. The van der Waals surface area contributed by atoms with Crippen LogP contribution in [0.1, 0.15) is 32.4 Å². The summed E-state index contributed by atoms with van der Waals surface area (Å²) in [6, 6.07) is 4.63. The van der Waals surface area contributed by atoms with E-state index in [1.54, 1.807) is 0 Å². The largest absolute Gasteiger partial charge is 0.381 e. The molecule has 1 aromatic heterocycles. The molecule has 1 aromatic rings. The van der Waals surface area contributed by atoms with Crippen molar-refractivity contribution in [3.8, 4) is 0 Å². The first-order valence-corrected chi connectivity index (χ1v) is 5.98. The number of nitrogens with one attached hydrogen (secondary N) is 1. The SMILES string of the molecule is Cc1ccc(NC2CC(C)OC(C)C2)cn1. The van der Waals surface area contributed by atoms with E-state index in [0.717, 1.165) is 24.2 Å². The van der Waals surface area contributed by atoms with E-state index in [0.29, 0.717) is 18.2 Å². The van der Waals surface area contributed by atoms with Gasteiger partial charge in [-0.3, -0.25) is 4.98 Å². The summed E-state index contributed by atoms with van der Waals surface area (Å²) in [5.41, 5.74) is 2.16. The van der Waals surface area contributed by atoms with Crippen LogP contribution in [-0.2, 0) is 4.74 Å². The molecule has 2 heterocycles. The third-order valence-corrected chi connectivity index (χ3v) is 2.98. The molecular formula is C13H20N2O. The summed E-state index contributed by atoms with van der Waals surface area (Å²) in [6.07, 6.45) is 4.73. The maximum Gasteiger partial charge on any atom is 0.0570 e. The van der Waals surface area contributed by atoms with Crippen molar-refractivity contribution in [2.45, 2.75) is 51.9 Å². The lowest BCUT2D eigenvalue weighted by Crippen LogP contribution is -2.36. The minimum Gasteiger partial charge on any atom is -0.381 e. The van der Waals surface area contributed by atoms with Gasteiger partial charge in [0.05, 0.1) is 24.1 Å². The molecule has 1 aliphatic rings. The van der Waals surface area contributed by atoms with Gasteiger partial charge in [0.25, 0.3) is 0 Å². The summed E-state index contributed by atoms with van der Waals surface area (Å²) in [5, 5.41) is 3.53. The first-order chi connectivity index (χ1) is 7.63. The highest BCUT2D eigenvalue weighted by molar-refractivity contribution is 5.41. The first kappa shape index (κ1) is 11.4. The number of pyridine rings is 1. The van der Waals surface area contributed by atoms with Gasteiger partial charge in [0, 0.05) is 11.7 Å². The molecule has 0 saturated carbocycles. The van der Waals surface area contributed by atoms with E-state index in [9.17, 15) is 0 Å². The van der Waals surface area contributed by atoms with Crippen LogP contribution < -0.4 is 5.32 Å². The molecule has 1 saturated heterocycles. The fraction of sp³-hybridized carbons (Fsp3) is 0.615. The van der Waals surface area contributed by atoms with E-state index in [-0.39, 0.29) is 0 Å². The second kappa shape index (κ2) is 4.83. The second-order valence-electron chi connectivity index (χ2n) is 4.76. The maximum absolute atomic E-state index is 5.72. The number of anilines is 1. The lowest BCUT2D eigenvalue weighted by Gasteiger charge is -2.33. The fourth-order valence-corrected chi connectivity index (χ4v) is 2.31. The number of ether oxygens (including phenoxy) is 1. The van der Waals surface area contributed by atoms with E-state index in [1.165, 1.54) is 0 Å². The van der Waals surface area contributed by atoms with Gasteiger partial charge in [-0.15, -0.1) is 0 Å². The van der Waals surface area contributed by atoms with Crippen molar-refractivity contribution in [3.63, 3.8) is 0 Å². The average molecular weight is 220 g/mol. The normalized spacial score (nSPS) is 30.1. The zero-order chi connectivity index (χ0) is 11.5. The Morgan fingerprint density at radius 2 is 1.94 bits per heavy atom. The van der Waals surface area contributed by atoms with E-state index in [1.807, 2.05) is 19.2 Å². The Kier molecular flexibility index (Phi) is 3.44. The monoisotopic (exact) mass is 220 g/mol. The van der Waals surface area contributed by atoms with E-state index in [4.69, 9.17) is 4.74 Å². The molecule has 0 radical (unpaired) electrons. The highest BCUT2D eigenvalue weighted by atomic mass is 16.5. The Morgan fingerprint density at radius 1 is 1.25 bits per heavy atom. The number of rotatable bonds is 2. The van der Waals surface area contributed by atoms with Crippen molar-refractivity contribution >= 4 is 5.69 Å². The van der Waals surface area contributed by atoms with Gasteiger partial charge in [-0.2, -0.15) is 0 Å². The maximum atomic E-state index is 5.72. The standard InChI is InChI=1S/C13H20N2O/c1-9-4-5-12(8-14-9)15-13-6-10(2)16-11(3)7-13/h4-5,8,10-11,13,15H,6-7H2,1-3H3. The lowest BCUT2D eigenvalue weighted by molar-refractivity contribution is -0.0337. The van der Waals surface area contributed by atoms with Crippen molar-refractivity contribution in [2.24, 2.45) is 0 Å². The van der Waals surface area contributed by atoms with Gasteiger partial charge >= 0.3 is 0 Å². The quantitative estimate of drug-likeness (QED) is 0.832. The van der Waals surface area contributed by atoms with Crippen LogP contribution in [0, 0.1) is 6.92 Å². The van der Waals surface area contributed by atoms with Crippen molar-refractivity contribution in [2.75, 3.05) is 5.32 Å². The molecule has 1 aliphatic heterocycles. The zero-order valence-electron chi connectivity index (χ0n) is 10.2. The highest BCUT2D eigenvalue weighted by Gasteiger charge is 2.24. The number of aryl methyl sites for hydroxylation is 1. The molecule has 0 aromatic carbocycles. The average Bonchev–Trinajstić information content (AvgIpc) is 2.20. The molecule has 1 fully saturated rings. The third kappa shape index (κ3) is 2.95.